The Kier molecular flexibility index (Phi) is 4.91. The summed E-state index contributed by atoms with van der Waals surface area (Å²) in [4.78, 5) is 6.89. The van der Waals surface area contributed by atoms with Gasteiger partial charge in [-0.15, -0.1) is 0 Å². The Morgan fingerprint density at radius 3 is 3.00 bits per heavy atom. The maximum absolute atomic E-state index is 6.17. The molecule has 21 heavy (non-hydrogen) atoms. The first-order valence-corrected chi connectivity index (χ1v) is 7.79. The molecule has 2 heterocycles. The fourth-order valence-electron chi connectivity index (χ4n) is 2.64. The molecule has 1 fully saturated rings. The van der Waals surface area contributed by atoms with Gasteiger partial charge in [0.05, 0.1) is 24.4 Å². The van der Waals surface area contributed by atoms with Crippen LogP contribution in [0.1, 0.15) is 6.42 Å². The van der Waals surface area contributed by atoms with Crippen LogP contribution in [0.4, 0.5) is 5.69 Å². The average Bonchev–Trinajstić information content (AvgIpc) is 2.52. The Labute approximate surface area is 130 Å². The summed E-state index contributed by atoms with van der Waals surface area (Å²) in [7, 11) is 0. The highest BCUT2D eigenvalue weighted by atomic mass is 35.5. The van der Waals surface area contributed by atoms with Crippen molar-refractivity contribution in [1.29, 1.82) is 0 Å². The van der Waals surface area contributed by atoms with Crippen molar-refractivity contribution in [2.75, 3.05) is 44.7 Å². The number of morpholine rings is 1. The Hall–Kier alpha value is -1.36. The van der Waals surface area contributed by atoms with Crippen molar-refractivity contribution in [2.45, 2.75) is 6.42 Å². The lowest BCUT2D eigenvalue weighted by Crippen LogP contribution is -2.37. The van der Waals surface area contributed by atoms with Crippen LogP contribution in [0, 0.1) is 0 Å². The van der Waals surface area contributed by atoms with Crippen molar-refractivity contribution in [3.05, 3.63) is 35.5 Å². The van der Waals surface area contributed by atoms with Gasteiger partial charge in [0, 0.05) is 36.2 Å². The highest BCUT2D eigenvalue weighted by Gasteiger charge is 2.09. The molecule has 0 spiro atoms. The van der Waals surface area contributed by atoms with E-state index in [1.165, 1.54) is 0 Å². The minimum Gasteiger partial charge on any atom is -0.383 e. The zero-order chi connectivity index (χ0) is 14.5. The first kappa shape index (κ1) is 14.6. The number of hydrogen-bond donors (Lipinski definition) is 1. The van der Waals surface area contributed by atoms with Crippen LogP contribution in [-0.4, -0.2) is 49.3 Å². The molecule has 1 aliphatic heterocycles. The Balaban J connectivity index is 1.57. The topological polar surface area (TPSA) is 37.4 Å². The molecular formula is C16H20ClN3O. The van der Waals surface area contributed by atoms with E-state index < -0.39 is 0 Å². The van der Waals surface area contributed by atoms with Gasteiger partial charge in [0.15, 0.2) is 0 Å². The highest BCUT2D eigenvalue weighted by molar-refractivity contribution is 6.31. The van der Waals surface area contributed by atoms with Gasteiger partial charge in [0.2, 0.25) is 0 Å². The molecule has 1 N–H and O–H groups in total. The van der Waals surface area contributed by atoms with E-state index >= 15 is 0 Å². The number of aromatic nitrogens is 1. The van der Waals surface area contributed by atoms with E-state index in [2.05, 4.69) is 15.2 Å². The van der Waals surface area contributed by atoms with E-state index in [-0.39, 0.29) is 0 Å². The number of rotatable bonds is 5. The molecule has 1 aromatic heterocycles. The lowest BCUT2D eigenvalue weighted by atomic mass is 10.2. The lowest BCUT2D eigenvalue weighted by Gasteiger charge is -2.26. The van der Waals surface area contributed by atoms with Crippen molar-refractivity contribution < 1.29 is 4.74 Å². The molecule has 5 heteroatoms. The molecular weight excluding hydrogens is 286 g/mol. The summed E-state index contributed by atoms with van der Waals surface area (Å²) in [5.41, 5.74) is 1.99. The van der Waals surface area contributed by atoms with E-state index in [4.69, 9.17) is 16.3 Å². The molecule has 2 aromatic rings. The van der Waals surface area contributed by atoms with Crippen LogP contribution >= 0.6 is 11.6 Å². The van der Waals surface area contributed by atoms with Gasteiger partial charge < -0.3 is 10.1 Å². The number of ether oxygens (including phenoxy) is 1. The monoisotopic (exact) mass is 305 g/mol. The number of halogens is 1. The minimum atomic E-state index is 0.742. The minimum absolute atomic E-state index is 0.742. The molecule has 4 nitrogen and oxygen atoms in total. The predicted octanol–water partition coefficient (Wildman–Crippen LogP) is 3.02. The highest BCUT2D eigenvalue weighted by Crippen LogP contribution is 2.26. The van der Waals surface area contributed by atoms with Gasteiger partial charge in [-0.3, -0.25) is 9.88 Å². The second kappa shape index (κ2) is 7.07. The van der Waals surface area contributed by atoms with E-state index in [0.717, 1.165) is 67.4 Å². The molecule has 3 rings (SSSR count). The zero-order valence-corrected chi connectivity index (χ0v) is 12.8. The number of pyridine rings is 1. The van der Waals surface area contributed by atoms with E-state index in [1.807, 2.05) is 30.5 Å². The molecule has 1 aromatic carbocycles. The van der Waals surface area contributed by atoms with Crippen molar-refractivity contribution in [2.24, 2.45) is 0 Å². The molecule has 0 atom stereocenters. The second-order valence-corrected chi connectivity index (χ2v) is 5.70. The molecule has 0 saturated carbocycles. The number of fused-ring (bicyclic) bond motifs is 1. The number of nitrogens with one attached hydrogen (secondary N) is 1. The van der Waals surface area contributed by atoms with Crippen LogP contribution < -0.4 is 5.32 Å². The average molecular weight is 306 g/mol. The van der Waals surface area contributed by atoms with Crippen LogP contribution in [0.15, 0.2) is 30.5 Å². The van der Waals surface area contributed by atoms with Gasteiger partial charge in [-0.2, -0.15) is 0 Å². The molecule has 0 unspecified atom stereocenters. The zero-order valence-electron chi connectivity index (χ0n) is 12.0. The van der Waals surface area contributed by atoms with Crippen molar-refractivity contribution in [3.8, 4) is 0 Å². The van der Waals surface area contributed by atoms with Gasteiger partial charge in [0.25, 0.3) is 0 Å². The summed E-state index contributed by atoms with van der Waals surface area (Å²) < 4.78 is 5.36. The normalized spacial score (nSPS) is 16.2. The summed E-state index contributed by atoms with van der Waals surface area (Å²) in [6.07, 6.45) is 2.91. The van der Waals surface area contributed by atoms with Gasteiger partial charge in [-0.1, -0.05) is 17.7 Å². The maximum Gasteiger partial charge on any atom is 0.0934 e. The van der Waals surface area contributed by atoms with E-state index in [0.29, 0.717) is 0 Å². The summed E-state index contributed by atoms with van der Waals surface area (Å²) in [6, 6.07) is 7.86. The van der Waals surface area contributed by atoms with Crippen LogP contribution in [0.3, 0.4) is 0 Å². The first-order valence-electron chi connectivity index (χ1n) is 7.41. The van der Waals surface area contributed by atoms with Crippen molar-refractivity contribution in [1.82, 2.24) is 9.88 Å². The molecule has 0 bridgehead atoms. The first-order chi connectivity index (χ1) is 10.3. The predicted molar refractivity (Wildman–Crippen MR) is 87.1 cm³/mol. The molecule has 0 amide bonds. The summed E-state index contributed by atoms with van der Waals surface area (Å²) in [6.45, 7) is 5.82. The Morgan fingerprint density at radius 1 is 1.29 bits per heavy atom. The van der Waals surface area contributed by atoms with Gasteiger partial charge in [-0.05, 0) is 31.2 Å². The standard InChI is InChI=1S/C16H20ClN3O/c17-14-11-13-3-1-4-19-16(13)15(12-14)18-5-2-6-20-7-9-21-10-8-20/h1,3-4,11-12,18H,2,5-10H2. The van der Waals surface area contributed by atoms with Crippen molar-refractivity contribution in [3.63, 3.8) is 0 Å². The largest absolute Gasteiger partial charge is 0.383 e. The third kappa shape index (κ3) is 3.84. The van der Waals surface area contributed by atoms with Gasteiger partial charge >= 0.3 is 0 Å². The molecule has 112 valence electrons. The van der Waals surface area contributed by atoms with Crippen LogP contribution in [0.25, 0.3) is 10.9 Å². The molecule has 1 aliphatic rings. The second-order valence-electron chi connectivity index (χ2n) is 5.26. The Morgan fingerprint density at radius 2 is 2.14 bits per heavy atom. The molecule has 1 saturated heterocycles. The quantitative estimate of drug-likeness (QED) is 0.862. The number of hydrogen-bond acceptors (Lipinski definition) is 4. The summed E-state index contributed by atoms with van der Waals surface area (Å²) in [5, 5.41) is 5.28. The van der Waals surface area contributed by atoms with Crippen LogP contribution in [-0.2, 0) is 4.74 Å². The van der Waals surface area contributed by atoms with Crippen LogP contribution in [0.2, 0.25) is 5.02 Å². The molecule has 0 radical (unpaired) electrons. The SMILES string of the molecule is Clc1cc(NCCCN2CCOCC2)c2ncccc2c1. The van der Waals surface area contributed by atoms with E-state index in [9.17, 15) is 0 Å². The fraction of sp³-hybridized carbons (Fsp3) is 0.438. The van der Waals surface area contributed by atoms with Gasteiger partial charge in [-0.25, -0.2) is 0 Å². The number of anilines is 1. The molecule has 0 aliphatic carbocycles. The maximum atomic E-state index is 6.17. The van der Waals surface area contributed by atoms with Crippen LogP contribution in [0.5, 0.6) is 0 Å². The van der Waals surface area contributed by atoms with Crippen molar-refractivity contribution >= 4 is 28.2 Å². The summed E-state index contributed by atoms with van der Waals surface area (Å²) in [5.74, 6) is 0. The third-order valence-corrected chi connectivity index (χ3v) is 3.96. The lowest BCUT2D eigenvalue weighted by molar-refractivity contribution is 0.0378. The smallest absolute Gasteiger partial charge is 0.0934 e. The van der Waals surface area contributed by atoms with Gasteiger partial charge in [0.1, 0.15) is 0 Å². The number of nitrogens with zero attached hydrogens (tertiary/aromatic N) is 2. The Bertz CT molecular complexity index is 599. The fourth-order valence-corrected chi connectivity index (χ4v) is 2.87. The summed E-state index contributed by atoms with van der Waals surface area (Å²) >= 11 is 6.17. The van der Waals surface area contributed by atoms with E-state index in [1.54, 1.807) is 0 Å². The third-order valence-electron chi connectivity index (χ3n) is 3.74. The number of benzene rings is 1.